The molecule has 0 spiro atoms. The number of fused-ring (bicyclic) bond motifs is 3. The molecule has 0 bridgehead atoms. The second kappa shape index (κ2) is 11.8. The van der Waals surface area contributed by atoms with E-state index in [2.05, 4.69) is 5.32 Å². The van der Waals surface area contributed by atoms with Crippen molar-refractivity contribution < 1.29 is 38.5 Å². The first-order chi connectivity index (χ1) is 19.4. The predicted molar refractivity (Wildman–Crippen MR) is 143 cm³/mol. The Kier molecular flexibility index (Phi) is 8.18. The smallest absolute Gasteiger partial charge is 0.247 e. The number of hydrogen-bond acceptors (Lipinski definition) is 7. The molecule has 1 aliphatic heterocycles. The quantitative estimate of drug-likeness (QED) is 0.386. The summed E-state index contributed by atoms with van der Waals surface area (Å²) in [5.41, 5.74) is 1.80. The molecule has 0 saturated heterocycles. The number of ether oxygens (including phenoxy) is 2. The molecule has 2 amide bonds. The number of aliphatic hydroxyl groups is 2. The summed E-state index contributed by atoms with van der Waals surface area (Å²) in [4.78, 5) is 40.3. The molecule has 0 aromatic heterocycles. The minimum Gasteiger partial charge on any atom is -0.493 e. The summed E-state index contributed by atoms with van der Waals surface area (Å²) in [6, 6.07) is 8.38. The maximum atomic E-state index is 13.9. The number of hydrogen-bond donors (Lipinski definition) is 3. The minimum absolute atomic E-state index is 0.0104. The molecule has 40 heavy (non-hydrogen) atoms. The third-order valence-corrected chi connectivity index (χ3v) is 8.04. The molecule has 0 unspecified atom stereocenters. The van der Waals surface area contributed by atoms with Crippen LogP contribution in [-0.2, 0) is 16.0 Å². The number of benzene rings is 2. The number of halogens is 1. The van der Waals surface area contributed by atoms with Crippen molar-refractivity contribution >= 4 is 18.1 Å². The number of carbonyl (C=O) groups excluding carboxylic acids is 3. The van der Waals surface area contributed by atoms with Gasteiger partial charge >= 0.3 is 0 Å². The van der Waals surface area contributed by atoms with Crippen LogP contribution in [-0.4, -0.2) is 78.3 Å². The Morgan fingerprint density at radius 1 is 1.25 bits per heavy atom. The molecule has 2 aromatic carbocycles. The van der Waals surface area contributed by atoms with Gasteiger partial charge in [-0.15, -0.1) is 0 Å². The highest BCUT2D eigenvalue weighted by Crippen LogP contribution is 2.51. The van der Waals surface area contributed by atoms with Gasteiger partial charge < -0.3 is 29.9 Å². The van der Waals surface area contributed by atoms with Crippen LogP contribution in [0, 0.1) is 11.7 Å². The van der Waals surface area contributed by atoms with Gasteiger partial charge in [-0.25, -0.2) is 4.39 Å². The van der Waals surface area contributed by atoms with Gasteiger partial charge in [0.15, 0.2) is 11.5 Å². The largest absolute Gasteiger partial charge is 0.493 e. The number of nitrogens with one attached hydrogen (secondary N) is 1. The van der Waals surface area contributed by atoms with Crippen molar-refractivity contribution in [2.45, 2.75) is 49.9 Å². The summed E-state index contributed by atoms with van der Waals surface area (Å²) in [6.45, 7) is -0.0583. The third-order valence-electron chi connectivity index (χ3n) is 8.04. The van der Waals surface area contributed by atoms with Crippen molar-refractivity contribution in [2.75, 3.05) is 26.8 Å². The van der Waals surface area contributed by atoms with Gasteiger partial charge in [-0.2, -0.15) is 0 Å². The van der Waals surface area contributed by atoms with Gasteiger partial charge in [0.25, 0.3) is 0 Å². The van der Waals surface area contributed by atoms with Crippen molar-refractivity contribution in [3.05, 3.63) is 70.6 Å². The maximum absolute atomic E-state index is 13.9. The van der Waals surface area contributed by atoms with E-state index in [4.69, 9.17) is 9.47 Å². The highest BCUT2D eigenvalue weighted by molar-refractivity contribution is 5.96. The standard InChI is InChI=1S/C30H33FN2O7/c1-39-24-14-18(16-35)13-21-25-22(29(37)32-9-11-34)15-23(26(36)28(25)40-27(21)24)33(30(38)19-5-3-6-19)10-8-17-4-2-7-20(31)12-17/h2,4,7,12-16,19,23,25-26,28,34,36H,3,5-6,8-11H2,1H3,(H,32,37)/t23-,25+,26+,28+/m1/s1. The molecule has 10 heteroatoms. The van der Waals surface area contributed by atoms with E-state index in [9.17, 15) is 29.0 Å². The number of methoxy groups -OCH3 is 1. The lowest BCUT2D eigenvalue weighted by atomic mass is 9.76. The number of nitrogens with zero attached hydrogens (tertiary/aromatic N) is 1. The van der Waals surface area contributed by atoms with Crippen LogP contribution >= 0.6 is 0 Å². The van der Waals surface area contributed by atoms with Gasteiger partial charge in [-0.3, -0.25) is 14.4 Å². The average Bonchev–Trinajstić information content (AvgIpc) is 3.31. The van der Waals surface area contributed by atoms with Crippen LogP contribution in [0.4, 0.5) is 4.39 Å². The lowest BCUT2D eigenvalue weighted by Crippen LogP contribution is -2.57. The van der Waals surface area contributed by atoms with Crippen LogP contribution in [0.5, 0.6) is 11.5 Å². The zero-order chi connectivity index (χ0) is 28.4. The normalized spacial score (nSPS) is 23.1. The van der Waals surface area contributed by atoms with Gasteiger partial charge in [-0.05, 0) is 55.2 Å². The summed E-state index contributed by atoms with van der Waals surface area (Å²) in [5, 5.41) is 23.7. The molecule has 3 N–H and O–H groups in total. The molecule has 9 nitrogen and oxygen atoms in total. The summed E-state index contributed by atoms with van der Waals surface area (Å²) in [7, 11) is 1.44. The lowest BCUT2D eigenvalue weighted by Gasteiger charge is -2.43. The Morgan fingerprint density at radius 2 is 2.05 bits per heavy atom. The molecule has 5 rings (SSSR count). The van der Waals surface area contributed by atoms with E-state index in [-0.39, 0.29) is 42.9 Å². The summed E-state index contributed by atoms with van der Waals surface area (Å²) >= 11 is 0. The Hall–Kier alpha value is -3.76. The Balaban J connectivity index is 1.55. The molecule has 2 aromatic rings. The SMILES string of the molecule is COc1cc(C=O)cc2c1O[C@@H]1[C@@H](O)[C@H](N(CCc3cccc(F)c3)C(=O)C3CCC3)C=C(C(=O)NCCO)[C@H]21. The van der Waals surface area contributed by atoms with Gasteiger partial charge in [-0.1, -0.05) is 18.6 Å². The van der Waals surface area contributed by atoms with Crippen molar-refractivity contribution in [2.24, 2.45) is 5.92 Å². The molecule has 2 aliphatic carbocycles. The van der Waals surface area contributed by atoms with E-state index in [0.29, 0.717) is 40.9 Å². The fraction of sp³-hybridized carbons (Fsp3) is 0.433. The molecular weight excluding hydrogens is 519 g/mol. The van der Waals surface area contributed by atoms with Gasteiger partial charge in [0.2, 0.25) is 11.8 Å². The van der Waals surface area contributed by atoms with Crippen molar-refractivity contribution in [3.63, 3.8) is 0 Å². The summed E-state index contributed by atoms with van der Waals surface area (Å²) < 4.78 is 25.5. The first kappa shape index (κ1) is 27.8. The molecular formula is C30H33FN2O7. The fourth-order valence-corrected chi connectivity index (χ4v) is 5.80. The predicted octanol–water partition coefficient (Wildman–Crippen LogP) is 2.14. The van der Waals surface area contributed by atoms with Crippen molar-refractivity contribution in [3.8, 4) is 11.5 Å². The molecule has 1 heterocycles. The van der Waals surface area contributed by atoms with Crippen LogP contribution < -0.4 is 14.8 Å². The molecule has 3 aliphatic rings. The second-order valence-corrected chi connectivity index (χ2v) is 10.4. The van der Waals surface area contributed by atoms with E-state index in [0.717, 1.165) is 19.3 Å². The zero-order valence-electron chi connectivity index (χ0n) is 22.2. The van der Waals surface area contributed by atoms with E-state index in [1.807, 2.05) is 0 Å². The number of rotatable bonds is 10. The van der Waals surface area contributed by atoms with Gasteiger partial charge in [0.05, 0.1) is 25.7 Å². The molecule has 1 saturated carbocycles. The average molecular weight is 553 g/mol. The highest BCUT2D eigenvalue weighted by atomic mass is 19.1. The molecule has 212 valence electrons. The van der Waals surface area contributed by atoms with E-state index >= 15 is 0 Å². The first-order valence-electron chi connectivity index (χ1n) is 13.5. The fourth-order valence-electron chi connectivity index (χ4n) is 5.80. The molecule has 4 atom stereocenters. The van der Waals surface area contributed by atoms with Crippen molar-refractivity contribution in [1.29, 1.82) is 0 Å². The van der Waals surface area contributed by atoms with Crippen LogP contribution in [0.15, 0.2) is 48.0 Å². The first-order valence-corrected chi connectivity index (χ1v) is 13.5. The zero-order valence-corrected chi connectivity index (χ0v) is 22.2. The van der Waals surface area contributed by atoms with E-state index in [1.165, 1.54) is 25.3 Å². The third kappa shape index (κ3) is 5.21. The Bertz CT molecular complexity index is 1330. The topological polar surface area (TPSA) is 125 Å². The van der Waals surface area contributed by atoms with E-state index < -0.39 is 30.1 Å². The second-order valence-electron chi connectivity index (χ2n) is 10.4. The Morgan fingerprint density at radius 3 is 2.70 bits per heavy atom. The lowest BCUT2D eigenvalue weighted by molar-refractivity contribution is -0.144. The van der Waals surface area contributed by atoms with Crippen LogP contribution in [0.1, 0.15) is 46.7 Å². The number of carbonyl (C=O) groups is 3. The monoisotopic (exact) mass is 552 g/mol. The Labute approximate surface area is 231 Å². The van der Waals surface area contributed by atoms with E-state index in [1.54, 1.807) is 29.2 Å². The van der Waals surface area contributed by atoms with Crippen molar-refractivity contribution in [1.82, 2.24) is 10.2 Å². The summed E-state index contributed by atoms with van der Waals surface area (Å²) in [5.74, 6) is -1.30. The maximum Gasteiger partial charge on any atom is 0.247 e. The van der Waals surface area contributed by atoms with Crippen LogP contribution in [0.2, 0.25) is 0 Å². The van der Waals surface area contributed by atoms with Gasteiger partial charge in [0, 0.05) is 35.7 Å². The van der Waals surface area contributed by atoms with Crippen LogP contribution in [0.25, 0.3) is 0 Å². The van der Waals surface area contributed by atoms with Gasteiger partial charge in [0.1, 0.15) is 24.3 Å². The van der Waals surface area contributed by atoms with Crippen LogP contribution in [0.3, 0.4) is 0 Å². The molecule has 0 radical (unpaired) electrons. The molecule has 1 fully saturated rings. The highest BCUT2D eigenvalue weighted by Gasteiger charge is 2.52. The number of amides is 2. The summed E-state index contributed by atoms with van der Waals surface area (Å²) in [6.07, 6.45) is 2.88. The number of aliphatic hydroxyl groups excluding tert-OH is 2. The number of aldehydes is 1. The minimum atomic E-state index is -1.22.